The fourth-order valence-electron chi connectivity index (χ4n) is 1.97. The van der Waals surface area contributed by atoms with E-state index in [0.717, 1.165) is 25.0 Å². The summed E-state index contributed by atoms with van der Waals surface area (Å²) in [4.78, 5) is 0. The summed E-state index contributed by atoms with van der Waals surface area (Å²) in [7, 11) is -0.144. The quantitative estimate of drug-likeness (QED) is 0.568. The number of rotatable bonds is 2. The molecule has 0 unspecified atom stereocenters. The van der Waals surface area contributed by atoms with Crippen molar-refractivity contribution in [3.8, 4) is 0 Å². The average molecular weight is 271 g/mol. The van der Waals surface area contributed by atoms with Crippen LogP contribution in [0, 0.1) is 5.41 Å². The van der Waals surface area contributed by atoms with Crippen molar-refractivity contribution >= 4 is 23.0 Å². The van der Waals surface area contributed by atoms with E-state index in [1.807, 2.05) is 0 Å². The second kappa shape index (κ2) is 4.44. The molecular formula is C11H16BBrO2. The van der Waals surface area contributed by atoms with Gasteiger partial charge in [-0.05, 0) is 11.9 Å². The van der Waals surface area contributed by atoms with E-state index < -0.39 is 0 Å². The summed E-state index contributed by atoms with van der Waals surface area (Å²) < 4.78 is 11.2. The minimum absolute atomic E-state index is 0.128. The van der Waals surface area contributed by atoms with Crippen LogP contribution in [0.4, 0.5) is 0 Å². The molecule has 1 heterocycles. The van der Waals surface area contributed by atoms with Crippen LogP contribution in [0.15, 0.2) is 23.2 Å². The van der Waals surface area contributed by atoms with E-state index in [0.29, 0.717) is 0 Å². The van der Waals surface area contributed by atoms with Crippen molar-refractivity contribution in [3.63, 3.8) is 0 Å². The topological polar surface area (TPSA) is 18.5 Å². The van der Waals surface area contributed by atoms with E-state index in [2.05, 4.69) is 41.9 Å². The summed E-state index contributed by atoms with van der Waals surface area (Å²) in [6, 6.07) is 0. The van der Waals surface area contributed by atoms with Crippen LogP contribution in [0.25, 0.3) is 0 Å². The molecule has 82 valence electrons. The van der Waals surface area contributed by atoms with Crippen molar-refractivity contribution in [3.05, 3.63) is 23.2 Å². The monoisotopic (exact) mass is 270 g/mol. The van der Waals surface area contributed by atoms with Crippen LogP contribution in [-0.2, 0) is 9.31 Å². The van der Waals surface area contributed by atoms with Gasteiger partial charge in [0.1, 0.15) is 0 Å². The smallest absolute Gasteiger partial charge is 0.407 e. The van der Waals surface area contributed by atoms with Gasteiger partial charge in [0.15, 0.2) is 0 Å². The molecule has 0 radical (unpaired) electrons. The van der Waals surface area contributed by atoms with Crippen LogP contribution >= 0.6 is 15.9 Å². The lowest BCUT2D eigenvalue weighted by atomic mass is 9.77. The molecule has 1 fully saturated rings. The first-order chi connectivity index (χ1) is 7.13. The van der Waals surface area contributed by atoms with Gasteiger partial charge < -0.3 is 9.31 Å². The summed E-state index contributed by atoms with van der Waals surface area (Å²) in [5, 5.41) is 0.909. The molecule has 0 N–H and O–H groups in total. The molecule has 15 heavy (non-hydrogen) atoms. The van der Waals surface area contributed by atoms with Gasteiger partial charge in [-0.25, -0.2) is 0 Å². The van der Waals surface area contributed by atoms with Gasteiger partial charge in [0, 0.05) is 24.0 Å². The first kappa shape index (κ1) is 11.4. The van der Waals surface area contributed by atoms with Crippen molar-refractivity contribution < 1.29 is 9.31 Å². The molecule has 2 rings (SSSR count). The van der Waals surface area contributed by atoms with Crippen LogP contribution in [0.5, 0.6) is 0 Å². The van der Waals surface area contributed by atoms with Gasteiger partial charge in [-0.1, -0.05) is 47.5 Å². The van der Waals surface area contributed by atoms with E-state index in [1.54, 1.807) is 0 Å². The molecular weight excluding hydrogens is 255 g/mol. The lowest BCUT2D eigenvalue weighted by Crippen LogP contribution is -2.31. The zero-order chi connectivity index (χ0) is 10.9. The largest absolute Gasteiger partial charge is 0.493 e. The zero-order valence-corrected chi connectivity index (χ0v) is 10.8. The molecule has 1 saturated heterocycles. The van der Waals surface area contributed by atoms with Crippen molar-refractivity contribution in [2.45, 2.75) is 20.3 Å². The van der Waals surface area contributed by atoms with E-state index in [1.165, 1.54) is 11.0 Å². The Balaban J connectivity index is 2.13. The molecule has 0 atom stereocenters. The van der Waals surface area contributed by atoms with E-state index in [4.69, 9.17) is 9.31 Å². The molecule has 0 saturated carbocycles. The molecule has 2 aliphatic rings. The summed E-state index contributed by atoms with van der Waals surface area (Å²) in [5.74, 6) is 0. The van der Waals surface area contributed by atoms with Gasteiger partial charge in [0.2, 0.25) is 0 Å². The Morgan fingerprint density at radius 3 is 2.60 bits per heavy atom. The highest BCUT2D eigenvalue weighted by Crippen LogP contribution is 2.38. The fourth-order valence-corrected chi connectivity index (χ4v) is 2.85. The summed E-state index contributed by atoms with van der Waals surface area (Å²) in [6.07, 6.45) is 5.45. The predicted molar refractivity (Wildman–Crippen MR) is 66.0 cm³/mol. The maximum Gasteiger partial charge on any atom is 0.493 e. The first-order valence-corrected chi connectivity index (χ1v) is 6.48. The molecule has 0 aromatic heterocycles. The first-order valence-electron chi connectivity index (χ1n) is 5.36. The Kier molecular flexibility index (Phi) is 3.38. The van der Waals surface area contributed by atoms with Crippen LogP contribution in [-0.4, -0.2) is 25.7 Å². The SMILES string of the molecule is CC1(C)C=C(B2OCCCO2)C=C1CBr. The molecule has 0 bridgehead atoms. The normalized spacial score (nSPS) is 25.1. The van der Waals surface area contributed by atoms with Crippen molar-refractivity contribution in [2.24, 2.45) is 5.41 Å². The number of alkyl halides is 1. The Morgan fingerprint density at radius 1 is 1.40 bits per heavy atom. The number of hydrogen-bond donors (Lipinski definition) is 0. The van der Waals surface area contributed by atoms with E-state index in [9.17, 15) is 0 Å². The summed E-state index contributed by atoms with van der Waals surface area (Å²) in [5.41, 5.74) is 2.69. The summed E-state index contributed by atoms with van der Waals surface area (Å²) >= 11 is 3.52. The predicted octanol–water partition coefficient (Wildman–Crippen LogP) is 2.74. The molecule has 1 aliphatic heterocycles. The van der Waals surface area contributed by atoms with Gasteiger partial charge >= 0.3 is 7.12 Å². The molecule has 0 spiro atoms. The van der Waals surface area contributed by atoms with Gasteiger partial charge in [-0.15, -0.1) is 0 Å². The minimum atomic E-state index is -0.144. The highest BCUT2D eigenvalue weighted by atomic mass is 79.9. The van der Waals surface area contributed by atoms with Gasteiger partial charge in [-0.3, -0.25) is 0 Å². The minimum Gasteiger partial charge on any atom is -0.407 e. The standard InChI is InChI=1S/C11H16BBrO2/c1-11(2)7-10(6-9(11)8-13)12-14-4-3-5-15-12/h6-7H,3-5,8H2,1-2H3. The van der Waals surface area contributed by atoms with Crippen LogP contribution in [0.3, 0.4) is 0 Å². The molecule has 2 nitrogen and oxygen atoms in total. The summed E-state index contributed by atoms with van der Waals surface area (Å²) in [6.45, 7) is 6.05. The van der Waals surface area contributed by atoms with Crippen molar-refractivity contribution in [1.82, 2.24) is 0 Å². The van der Waals surface area contributed by atoms with Gasteiger partial charge in [0.05, 0.1) is 0 Å². The highest BCUT2D eigenvalue weighted by Gasteiger charge is 2.34. The lowest BCUT2D eigenvalue weighted by Gasteiger charge is -2.20. The number of halogens is 1. The molecule has 4 heteroatoms. The van der Waals surface area contributed by atoms with Crippen LogP contribution in [0.2, 0.25) is 0 Å². The zero-order valence-electron chi connectivity index (χ0n) is 9.25. The van der Waals surface area contributed by atoms with Crippen molar-refractivity contribution in [1.29, 1.82) is 0 Å². The Bertz CT molecular complexity index is 304. The average Bonchev–Trinajstić information content (AvgIpc) is 2.55. The Labute approximate surface area is 100.0 Å². The molecule has 1 aliphatic carbocycles. The molecule has 0 amide bonds. The Morgan fingerprint density at radius 2 is 2.07 bits per heavy atom. The van der Waals surface area contributed by atoms with E-state index in [-0.39, 0.29) is 12.5 Å². The third-order valence-corrected chi connectivity index (χ3v) is 3.54. The van der Waals surface area contributed by atoms with Gasteiger partial charge in [0.25, 0.3) is 0 Å². The number of hydrogen-bond acceptors (Lipinski definition) is 2. The molecule has 0 aromatic rings. The second-order valence-electron chi connectivity index (χ2n) is 4.60. The maximum atomic E-state index is 5.60. The highest BCUT2D eigenvalue weighted by molar-refractivity contribution is 9.09. The molecule has 0 aromatic carbocycles. The third-order valence-electron chi connectivity index (χ3n) is 2.94. The second-order valence-corrected chi connectivity index (χ2v) is 5.16. The van der Waals surface area contributed by atoms with Crippen LogP contribution < -0.4 is 0 Å². The van der Waals surface area contributed by atoms with Crippen molar-refractivity contribution in [2.75, 3.05) is 18.5 Å². The Hall–Kier alpha value is -0.0551. The third kappa shape index (κ3) is 2.37. The van der Waals surface area contributed by atoms with Gasteiger partial charge in [-0.2, -0.15) is 0 Å². The number of allylic oxidation sites excluding steroid dienone is 4. The van der Waals surface area contributed by atoms with Crippen LogP contribution in [0.1, 0.15) is 20.3 Å². The fraction of sp³-hybridized carbons (Fsp3) is 0.636. The van der Waals surface area contributed by atoms with E-state index >= 15 is 0 Å². The lowest BCUT2D eigenvalue weighted by molar-refractivity contribution is 0.141. The maximum absolute atomic E-state index is 5.60.